The summed E-state index contributed by atoms with van der Waals surface area (Å²) in [5, 5.41) is 29.7. The number of rotatable bonds is 5. The van der Waals surface area contributed by atoms with Gasteiger partial charge in [-0.15, -0.1) is 0 Å². The molecule has 1 aromatic heterocycles. The van der Waals surface area contributed by atoms with Crippen LogP contribution in [-0.4, -0.2) is 31.7 Å². The molecule has 0 aliphatic heterocycles. The van der Waals surface area contributed by atoms with Crippen molar-refractivity contribution in [1.29, 1.82) is 0 Å². The number of ketones is 1. The minimum Gasteiger partial charge on any atom is -0.508 e. The van der Waals surface area contributed by atoms with Crippen LogP contribution in [-0.2, 0) is 0 Å². The van der Waals surface area contributed by atoms with E-state index in [1.165, 1.54) is 30.5 Å². The number of phenols is 2. The van der Waals surface area contributed by atoms with Gasteiger partial charge in [-0.3, -0.25) is 14.9 Å². The van der Waals surface area contributed by atoms with Gasteiger partial charge in [-0.2, -0.15) is 0 Å². The topological polar surface area (TPSA) is 114 Å². The Hall–Kier alpha value is -2.61. The molecule has 0 bridgehead atoms. The van der Waals surface area contributed by atoms with Crippen LogP contribution in [0.15, 0.2) is 41.6 Å². The molecule has 8 heteroatoms. The Kier molecular flexibility index (Phi) is 4.39. The molecule has 1 heterocycles. The second-order valence-electron chi connectivity index (χ2n) is 4.00. The zero-order valence-electron chi connectivity index (χ0n) is 10.6. The SMILES string of the molecule is O=C(CSc1ncccc1[N+](=O)[O-])c1ccc(O)cc1O. The highest BCUT2D eigenvalue weighted by Crippen LogP contribution is 2.29. The molecule has 0 radical (unpaired) electrons. The molecule has 0 saturated heterocycles. The second-order valence-corrected chi connectivity index (χ2v) is 4.96. The van der Waals surface area contributed by atoms with Gasteiger partial charge in [-0.05, 0) is 18.2 Å². The largest absolute Gasteiger partial charge is 0.508 e. The normalized spacial score (nSPS) is 10.3. The first-order valence-corrected chi connectivity index (χ1v) is 6.75. The lowest BCUT2D eigenvalue weighted by molar-refractivity contribution is -0.388. The number of carbonyl (C=O) groups is 1. The fraction of sp³-hybridized carbons (Fsp3) is 0.0769. The highest BCUT2D eigenvalue weighted by atomic mass is 32.2. The lowest BCUT2D eigenvalue weighted by Crippen LogP contribution is -2.03. The quantitative estimate of drug-likeness (QED) is 0.377. The van der Waals surface area contributed by atoms with Crippen molar-refractivity contribution >= 4 is 23.2 Å². The van der Waals surface area contributed by atoms with Crippen molar-refractivity contribution < 1.29 is 19.9 Å². The van der Waals surface area contributed by atoms with Crippen molar-refractivity contribution in [3.8, 4) is 11.5 Å². The summed E-state index contributed by atoms with van der Waals surface area (Å²) >= 11 is 0.915. The number of pyridine rings is 1. The molecule has 7 nitrogen and oxygen atoms in total. The van der Waals surface area contributed by atoms with E-state index in [0.29, 0.717) is 0 Å². The van der Waals surface area contributed by atoms with Crippen LogP contribution in [0.2, 0.25) is 0 Å². The average Bonchev–Trinajstić information content (AvgIpc) is 2.45. The summed E-state index contributed by atoms with van der Waals surface area (Å²) < 4.78 is 0. The molecule has 0 aliphatic rings. The van der Waals surface area contributed by atoms with E-state index in [-0.39, 0.29) is 33.5 Å². The molecular formula is C13H10N2O5S. The fourth-order valence-electron chi connectivity index (χ4n) is 1.60. The predicted molar refractivity (Wildman–Crippen MR) is 75.7 cm³/mol. The third-order valence-electron chi connectivity index (χ3n) is 2.57. The first kappa shape index (κ1) is 14.8. The van der Waals surface area contributed by atoms with Crippen molar-refractivity contribution in [2.75, 3.05) is 5.75 Å². The number of thioether (sulfide) groups is 1. The van der Waals surface area contributed by atoms with Gasteiger partial charge in [0.05, 0.1) is 16.2 Å². The third kappa shape index (κ3) is 3.48. The first-order valence-electron chi connectivity index (χ1n) is 5.76. The molecule has 1 aromatic carbocycles. The van der Waals surface area contributed by atoms with Crippen molar-refractivity contribution in [2.45, 2.75) is 5.03 Å². The van der Waals surface area contributed by atoms with Crippen LogP contribution in [0.25, 0.3) is 0 Å². The number of carbonyl (C=O) groups excluding carboxylic acids is 1. The van der Waals surface area contributed by atoms with Crippen molar-refractivity contribution in [3.05, 3.63) is 52.2 Å². The van der Waals surface area contributed by atoms with E-state index in [1.807, 2.05) is 0 Å². The van der Waals surface area contributed by atoms with Gasteiger partial charge < -0.3 is 10.2 Å². The minimum absolute atomic E-state index is 0.0406. The standard InChI is InChI=1S/C13H10N2O5S/c16-8-3-4-9(11(17)6-8)12(18)7-21-13-10(15(19)20)2-1-5-14-13/h1-6,16-17H,7H2. The third-order valence-corrected chi connectivity index (χ3v) is 3.56. The molecule has 0 spiro atoms. The molecule has 0 fully saturated rings. The number of nitrogens with zero attached hydrogens (tertiary/aromatic N) is 2. The maximum atomic E-state index is 12.0. The van der Waals surface area contributed by atoms with Gasteiger partial charge in [-0.1, -0.05) is 11.8 Å². The van der Waals surface area contributed by atoms with Gasteiger partial charge in [0, 0.05) is 18.3 Å². The van der Waals surface area contributed by atoms with Crippen LogP contribution in [0.5, 0.6) is 11.5 Å². The molecule has 108 valence electrons. The summed E-state index contributed by atoms with van der Waals surface area (Å²) in [5.74, 6) is -1.03. The van der Waals surface area contributed by atoms with E-state index in [2.05, 4.69) is 4.98 Å². The molecule has 0 atom stereocenters. The lowest BCUT2D eigenvalue weighted by atomic mass is 10.1. The summed E-state index contributed by atoms with van der Waals surface area (Å²) in [4.78, 5) is 26.1. The Balaban J connectivity index is 2.13. The highest BCUT2D eigenvalue weighted by molar-refractivity contribution is 8.00. The lowest BCUT2D eigenvalue weighted by Gasteiger charge is -2.04. The molecule has 0 amide bonds. The van der Waals surface area contributed by atoms with E-state index in [4.69, 9.17) is 5.11 Å². The summed E-state index contributed by atoms with van der Waals surface area (Å²) in [5.41, 5.74) is -0.135. The Labute approximate surface area is 123 Å². The molecule has 2 rings (SSSR count). The van der Waals surface area contributed by atoms with Gasteiger partial charge in [0.25, 0.3) is 0 Å². The first-order chi connectivity index (χ1) is 9.99. The Morgan fingerprint density at radius 2 is 2.10 bits per heavy atom. The summed E-state index contributed by atoms with van der Waals surface area (Å²) in [6.45, 7) is 0. The van der Waals surface area contributed by atoms with Gasteiger partial charge in [-0.25, -0.2) is 4.98 Å². The average molecular weight is 306 g/mol. The smallest absolute Gasteiger partial charge is 0.301 e. The molecule has 0 saturated carbocycles. The maximum Gasteiger partial charge on any atom is 0.301 e. The van der Waals surface area contributed by atoms with E-state index < -0.39 is 10.7 Å². The van der Waals surface area contributed by atoms with Crippen LogP contribution in [0, 0.1) is 10.1 Å². The van der Waals surface area contributed by atoms with Crippen LogP contribution < -0.4 is 0 Å². The molecular weight excluding hydrogens is 296 g/mol. The number of benzene rings is 1. The number of phenolic OH excluding ortho intramolecular Hbond substituents is 2. The summed E-state index contributed by atoms with van der Waals surface area (Å²) in [6.07, 6.45) is 1.40. The summed E-state index contributed by atoms with van der Waals surface area (Å²) in [7, 11) is 0. The van der Waals surface area contributed by atoms with Crippen molar-refractivity contribution in [3.63, 3.8) is 0 Å². The Bertz CT molecular complexity index is 705. The molecule has 0 unspecified atom stereocenters. The number of hydrogen-bond donors (Lipinski definition) is 2. The van der Waals surface area contributed by atoms with Crippen molar-refractivity contribution in [1.82, 2.24) is 4.98 Å². The Morgan fingerprint density at radius 1 is 1.33 bits per heavy atom. The minimum atomic E-state index is -0.572. The van der Waals surface area contributed by atoms with E-state index in [0.717, 1.165) is 17.8 Å². The monoisotopic (exact) mass is 306 g/mol. The number of hydrogen-bond acceptors (Lipinski definition) is 7. The number of aromatic hydroxyl groups is 2. The molecule has 2 N–H and O–H groups in total. The van der Waals surface area contributed by atoms with E-state index in [1.54, 1.807) is 0 Å². The van der Waals surface area contributed by atoms with Crippen LogP contribution in [0.1, 0.15) is 10.4 Å². The van der Waals surface area contributed by atoms with Gasteiger partial charge in [0.1, 0.15) is 11.5 Å². The van der Waals surface area contributed by atoms with E-state index >= 15 is 0 Å². The van der Waals surface area contributed by atoms with Gasteiger partial charge in [0.2, 0.25) is 0 Å². The zero-order chi connectivity index (χ0) is 15.4. The highest BCUT2D eigenvalue weighted by Gasteiger charge is 2.18. The summed E-state index contributed by atoms with van der Waals surface area (Å²) in [6, 6.07) is 6.37. The molecule has 21 heavy (non-hydrogen) atoms. The van der Waals surface area contributed by atoms with Crippen molar-refractivity contribution in [2.24, 2.45) is 0 Å². The van der Waals surface area contributed by atoms with Gasteiger partial charge in [0.15, 0.2) is 10.8 Å². The Morgan fingerprint density at radius 3 is 2.76 bits per heavy atom. The predicted octanol–water partition coefficient (Wildman–Crippen LogP) is 2.38. The van der Waals surface area contributed by atoms with Crippen LogP contribution in [0.4, 0.5) is 5.69 Å². The molecule has 2 aromatic rings. The number of Topliss-reactive ketones (excluding diaryl/α,β-unsaturated/α-hetero) is 1. The fourth-order valence-corrected chi connectivity index (χ4v) is 2.45. The van der Waals surface area contributed by atoms with Gasteiger partial charge >= 0.3 is 5.69 Å². The van der Waals surface area contributed by atoms with Crippen LogP contribution >= 0.6 is 11.8 Å². The zero-order valence-corrected chi connectivity index (χ0v) is 11.4. The molecule has 0 aliphatic carbocycles. The van der Waals surface area contributed by atoms with E-state index in [9.17, 15) is 20.0 Å². The maximum absolute atomic E-state index is 12.0. The second kappa shape index (κ2) is 6.23. The van der Waals surface area contributed by atoms with Crippen LogP contribution in [0.3, 0.4) is 0 Å². The number of aromatic nitrogens is 1. The number of nitro groups is 1.